The smallest absolute Gasteiger partial charge is 0.110 e. The van der Waals surface area contributed by atoms with Gasteiger partial charge in [0.1, 0.15) is 5.82 Å². The molecule has 0 atom stereocenters. The molecule has 3 heteroatoms. The SMILES string of the molecule is N#CC1(c2ccc3nc(C4CC4)[nH]c3c2)CC1. The molecule has 0 saturated heterocycles. The number of nitriles is 1. The molecule has 2 aliphatic carbocycles. The lowest BCUT2D eigenvalue weighted by Gasteiger charge is -2.04. The first-order valence-electron chi connectivity index (χ1n) is 6.22. The third-order valence-electron chi connectivity index (χ3n) is 3.98. The van der Waals surface area contributed by atoms with E-state index in [1.54, 1.807) is 0 Å². The molecule has 1 aromatic carbocycles. The summed E-state index contributed by atoms with van der Waals surface area (Å²) in [6.45, 7) is 0. The number of hydrogen-bond donors (Lipinski definition) is 1. The predicted octanol–water partition coefficient (Wildman–Crippen LogP) is 3.00. The van der Waals surface area contributed by atoms with E-state index in [-0.39, 0.29) is 5.41 Å². The Labute approximate surface area is 99.5 Å². The summed E-state index contributed by atoms with van der Waals surface area (Å²) < 4.78 is 0. The van der Waals surface area contributed by atoms with E-state index in [1.165, 1.54) is 12.8 Å². The molecule has 84 valence electrons. The van der Waals surface area contributed by atoms with Crippen molar-refractivity contribution in [2.45, 2.75) is 37.0 Å². The highest BCUT2D eigenvalue weighted by molar-refractivity contribution is 5.77. The van der Waals surface area contributed by atoms with E-state index in [9.17, 15) is 5.26 Å². The van der Waals surface area contributed by atoms with Gasteiger partial charge < -0.3 is 4.98 Å². The zero-order valence-electron chi connectivity index (χ0n) is 9.53. The summed E-state index contributed by atoms with van der Waals surface area (Å²) in [5, 5.41) is 9.21. The van der Waals surface area contributed by atoms with Crippen molar-refractivity contribution in [3.8, 4) is 6.07 Å². The second kappa shape index (κ2) is 2.89. The maximum absolute atomic E-state index is 9.21. The third-order valence-corrected chi connectivity index (χ3v) is 3.98. The van der Waals surface area contributed by atoms with Gasteiger partial charge >= 0.3 is 0 Å². The van der Waals surface area contributed by atoms with Gasteiger partial charge in [0.25, 0.3) is 0 Å². The third kappa shape index (κ3) is 1.30. The number of nitrogens with one attached hydrogen (secondary N) is 1. The summed E-state index contributed by atoms with van der Waals surface area (Å²) in [4.78, 5) is 8.01. The monoisotopic (exact) mass is 223 g/mol. The van der Waals surface area contributed by atoms with Crippen molar-refractivity contribution in [3.63, 3.8) is 0 Å². The Hall–Kier alpha value is -1.82. The first-order chi connectivity index (χ1) is 8.31. The quantitative estimate of drug-likeness (QED) is 0.850. The van der Waals surface area contributed by atoms with Crippen LogP contribution in [0.1, 0.15) is 43.0 Å². The van der Waals surface area contributed by atoms with Crippen LogP contribution < -0.4 is 0 Å². The molecule has 2 aromatic rings. The van der Waals surface area contributed by atoms with E-state index in [4.69, 9.17) is 0 Å². The van der Waals surface area contributed by atoms with Gasteiger partial charge in [-0.05, 0) is 43.4 Å². The van der Waals surface area contributed by atoms with Gasteiger partial charge in [-0.15, -0.1) is 0 Å². The summed E-state index contributed by atoms with van der Waals surface area (Å²) >= 11 is 0. The van der Waals surface area contributed by atoms with Gasteiger partial charge in [-0.1, -0.05) is 6.07 Å². The Morgan fingerprint density at radius 3 is 2.82 bits per heavy atom. The van der Waals surface area contributed by atoms with Gasteiger partial charge in [-0.2, -0.15) is 5.26 Å². The fraction of sp³-hybridized carbons (Fsp3) is 0.429. The average molecular weight is 223 g/mol. The minimum absolute atomic E-state index is 0.195. The van der Waals surface area contributed by atoms with Gasteiger partial charge in [0.15, 0.2) is 0 Å². The summed E-state index contributed by atoms with van der Waals surface area (Å²) in [6, 6.07) is 8.67. The Kier molecular flexibility index (Phi) is 1.57. The molecule has 2 fully saturated rings. The number of nitrogens with zero attached hydrogens (tertiary/aromatic N) is 2. The summed E-state index contributed by atoms with van der Waals surface area (Å²) in [6.07, 6.45) is 4.51. The molecule has 4 rings (SSSR count). The van der Waals surface area contributed by atoms with E-state index >= 15 is 0 Å². The van der Waals surface area contributed by atoms with Crippen molar-refractivity contribution in [1.82, 2.24) is 9.97 Å². The van der Waals surface area contributed by atoms with Crippen molar-refractivity contribution in [2.75, 3.05) is 0 Å². The molecular weight excluding hydrogens is 210 g/mol. The fourth-order valence-corrected chi connectivity index (χ4v) is 2.47. The number of aromatic amines is 1. The Morgan fingerprint density at radius 2 is 2.18 bits per heavy atom. The van der Waals surface area contributed by atoms with Crippen molar-refractivity contribution < 1.29 is 0 Å². The number of hydrogen-bond acceptors (Lipinski definition) is 2. The van der Waals surface area contributed by atoms with Gasteiger partial charge in [0.05, 0.1) is 22.5 Å². The van der Waals surface area contributed by atoms with Gasteiger partial charge in [-0.3, -0.25) is 0 Å². The van der Waals surface area contributed by atoms with Crippen LogP contribution in [0.2, 0.25) is 0 Å². The van der Waals surface area contributed by atoms with Crippen LogP contribution in [0.25, 0.3) is 11.0 Å². The van der Waals surface area contributed by atoms with Crippen molar-refractivity contribution in [3.05, 3.63) is 29.6 Å². The molecule has 17 heavy (non-hydrogen) atoms. The van der Waals surface area contributed by atoms with Crippen molar-refractivity contribution in [1.29, 1.82) is 5.26 Å². The molecule has 3 nitrogen and oxygen atoms in total. The van der Waals surface area contributed by atoms with Gasteiger partial charge in [0, 0.05) is 5.92 Å². The van der Waals surface area contributed by atoms with E-state index in [2.05, 4.69) is 28.2 Å². The highest BCUT2D eigenvalue weighted by atomic mass is 14.9. The van der Waals surface area contributed by atoms with E-state index in [0.717, 1.165) is 35.3 Å². The number of H-pyrrole nitrogens is 1. The second-order valence-corrected chi connectivity index (χ2v) is 5.32. The normalized spacial score (nSPS) is 21.4. The molecule has 2 saturated carbocycles. The summed E-state index contributed by atoms with van der Waals surface area (Å²) in [5.41, 5.74) is 3.08. The Bertz CT molecular complexity index is 639. The molecule has 0 aliphatic heterocycles. The van der Waals surface area contributed by atoms with Crippen LogP contribution in [-0.4, -0.2) is 9.97 Å². The van der Waals surface area contributed by atoms with Crippen molar-refractivity contribution in [2.24, 2.45) is 0 Å². The molecule has 1 aromatic heterocycles. The second-order valence-electron chi connectivity index (χ2n) is 5.32. The molecule has 2 aliphatic rings. The van der Waals surface area contributed by atoms with Crippen LogP contribution in [-0.2, 0) is 5.41 Å². The Balaban J connectivity index is 1.84. The van der Waals surface area contributed by atoms with E-state index in [0.29, 0.717) is 5.92 Å². The number of aromatic nitrogens is 2. The number of benzene rings is 1. The lowest BCUT2D eigenvalue weighted by atomic mass is 9.97. The zero-order chi connectivity index (χ0) is 11.5. The molecule has 0 spiro atoms. The molecule has 0 amide bonds. The van der Waals surface area contributed by atoms with Crippen LogP contribution in [0, 0.1) is 11.3 Å². The standard InChI is InChI=1S/C14H13N3/c15-8-14(5-6-14)10-3-4-11-12(7-10)17-13(16-11)9-1-2-9/h3-4,7,9H,1-2,5-6H2,(H,16,17). The largest absolute Gasteiger partial charge is 0.342 e. The van der Waals surface area contributed by atoms with Crippen molar-refractivity contribution >= 4 is 11.0 Å². The topological polar surface area (TPSA) is 52.5 Å². The maximum atomic E-state index is 9.21. The predicted molar refractivity (Wildman–Crippen MR) is 64.6 cm³/mol. The maximum Gasteiger partial charge on any atom is 0.110 e. The molecule has 1 heterocycles. The van der Waals surface area contributed by atoms with E-state index < -0.39 is 0 Å². The molecule has 0 radical (unpaired) electrons. The first kappa shape index (κ1) is 9.23. The average Bonchev–Trinajstić information content (AvgIpc) is 3.25. The lowest BCUT2D eigenvalue weighted by Crippen LogP contribution is -2.01. The van der Waals surface area contributed by atoms with E-state index in [1.807, 2.05) is 6.07 Å². The highest BCUT2D eigenvalue weighted by Gasteiger charge is 2.45. The van der Waals surface area contributed by atoms with Crippen LogP contribution in [0.5, 0.6) is 0 Å². The van der Waals surface area contributed by atoms with Crippen LogP contribution in [0.15, 0.2) is 18.2 Å². The summed E-state index contributed by atoms with van der Waals surface area (Å²) in [5.74, 6) is 1.77. The Morgan fingerprint density at radius 1 is 1.35 bits per heavy atom. The number of fused-ring (bicyclic) bond motifs is 1. The minimum atomic E-state index is -0.195. The molecular formula is C14H13N3. The number of imidazole rings is 1. The van der Waals surface area contributed by atoms with Crippen LogP contribution in [0.4, 0.5) is 0 Å². The molecule has 0 bridgehead atoms. The van der Waals surface area contributed by atoms with Gasteiger partial charge in [0.2, 0.25) is 0 Å². The fourth-order valence-electron chi connectivity index (χ4n) is 2.47. The molecule has 0 unspecified atom stereocenters. The number of rotatable bonds is 2. The van der Waals surface area contributed by atoms with Gasteiger partial charge in [-0.25, -0.2) is 4.98 Å². The molecule has 1 N–H and O–H groups in total. The summed E-state index contributed by atoms with van der Waals surface area (Å²) in [7, 11) is 0. The highest BCUT2D eigenvalue weighted by Crippen LogP contribution is 2.48. The van der Waals surface area contributed by atoms with Crippen LogP contribution in [0.3, 0.4) is 0 Å². The van der Waals surface area contributed by atoms with Crippen LogP contribution >= 0.6 is 0 Å². The minimum Gasteiger partial charge on any atom is -0.342 e. The lowest BCUT2D eigenvalue weighted by molar-refractivity contribution is 0.910. The zero-order valence-corrected chi connectivity index (χ0v) is 9.53. The first-order valence-corrected chi connectivity index (χ1v) is 6.22.